The van der Waals surface area contributed by atoms with E-state index in [0.29, 0.717) is 12.3 Å². The van der Waals surface area contributed by atoms with Crippen molar-refractivity contribution in [1.29, 1.82) is 0 Å². The van der Waals surface area contributed by atoms with E-state index in [-0.39, 0.29) is 18.3 Å². The number of rotatable bonds is 3. The van der Waals surface area contributed by atoms with Gasteiger partial charge in [0.15, 0.2) is 0 Å². The first-order valence-electron chi connectivity index (χ1n) is 6.21. The Kier molecular flexibility index (Phi) is 5.63. The number of amides is 1. The summed E-state index contributed by atoms with van der Waals surface area (Å²) in [4.78, 5) is 13.8. The molecule has 1 aromatic carbocycles. The highest BCUT2D eigenvalue weighted by atomic mass is 35.5. The molecule has 0 spiro atoms. The second-order valence-corrected chi connectivity index (χ2v) is 4.85. The van der Waals surface area contributed by atoms with Crippen LogP contribution in [0, 0.1) is 12.8 Å². The third kappa shape index (κ3) is 3.72. The summed E-state index contributed by atoms with van der Waals surface area (Å²) in [5.41, 5.74) is 2.20. The largest absolute Gasteiger partial charge is 0.316 e. The molecule has 1 aromatic rings. The Balaban J connectivity index is 0.00000162. The van der Waals surface area contributed by atoms with Gasteiger partial charge in [-0.2, -0.15) is 0 Å². The molecule has 1 saturated heterocycles. The van der Waals surface area contributed by atoms with Gasteiger partial charge in [-0.3, -0.25) is 4.79 Å². The molecular formula is C14H21ClN2O. The molecule has 0 bridgehead atoms. The summed E-state index contributed by atoms with van der Waals surface area (Å²) < 4.78 is 0. The summed E-state index contributed by atoms with van der Waals surface area (Å²) >= 11 is 0. The fraction of sp³-hybridized carbons (Fsp3) is 0.500. The Hall–Kier alpha value is -1.06. The summed E-state index contributed by atoms with van der Waals surface area (Å²) in [6, 6.07) is 8.08. The number of nitrogens with zero attached hydrogens (tertiary/aromatic N) is 1. The minimum Gasteiger partial charge on any atom is -0.316 e. The zero-order valence-corrected chi connectivity index (χ0v) is 11.8. The van der Waals surface area contributed by atoms with Gasteiger partial charge in [-0.25, -0.2) is 0 Å². The Morgan fingerprint density at radius 1 is 1.39 bits per heavy atom. The Labute approximate surface area is 115 Å². The van der Waals surface area contributed by atoms with Crippen molar-refractivity contribution in [3.8, 4) is 0 Å². The minimum absolute atomic E-state index is 0. The molecule has 18 heavy (non-hydrogen) atoms. The molecule has 0 aromatic heterocycles. The third-order valence-corrected chi connectivity index (χ3v) is 3.42. The smallest absolute Gasteiger partial charge is 0.227 e. The van der Waals surface area contributed by atoms with E-state index in [1.807, 2.05) is 31.3 Å². The quantitative estimate of drug-likeness (QED) is 0.913. The predicted molar refractivity (Wildman–Crippen MR) is 77.4 cm³/mol. The molecule has 100 valence electrons. The van der Waals surface area contributed by atoms with E-state index in [1.165, 1.54) is 5.56 Å². The Morgan fingerprint density at radius 3 is 2.61 bits per heavy atom. The van der Waals surface area contributed by atoms with Crippen LogP contribution in [-0.2, 0) is 4.79 Å². The zero-order chi connectivity index (χ0) is 12.3. The molecule has 2 rings (SSSR count). The molecule has 1 unspecified atom stereocenters. The van der Waals surface area contributed by atoms with Gasteiger partial charge in [0.1, 0.15) is 0 Å². The summed E-state index contributed by atoms with van der Waals surface area (Å²) in [6.07, 6.45) is 1.77. The van der Waals surface area contributed by atoms with Crippen molar-refractivity contribution < 1.29 is 4.79 Å². The first-order chi connectivity index (χ1) is 8.16. The molecular weight excluding hydrogens is 248 g/mol. The van der Waals surface area contributed by atoms with Crippen LogP contribution in [0.2, 0.25) is 0 Å². The summed E-state index contributed by atoms with van der Waals surface area (Å²) in [7, 11) is 1.86. The van der Waals surface area contributed by atoms with Crippen molar-refractivity contribution in [3.63, 3.8) is 0 Å². The maximum Gasteiger partial charge on any atom is 0.227 e. The average molecular weight is 269 g/mol. The number of aryl methyl sites for hydroxylation is 1. The van der Waals surface area contributed by atoms with Gasteiger partial charge in [0.2, 0.25) is 5.91 Å². The van der Waals surface area contributed by atoms with Crippen LogP contribution in [0.25, 0.3) is 0 Å². The molecule has 1 fully saturated rings. The van der Waals surface area contributed by atoms with Crippen LogP contribution in [0.4, 0.5) is 5.69 Å². The van der Waals surface area contributed by atoms with E-state index in [1.54, 1.807) is 4.90 Å². The van der Waals surface area contributed by atoms with Crippen LogP contribution in [0.3, 0.4) is 0 Å². The SMILES string of the molecule is Cc1ccc(N(C)C(=O)CC2CCNC2)cc1.Cl. The van der Waals surface area contributed by atoms with E-state index >= 15 is 0 Å². The molecule has 3 nitrogen and oxygen atoms in total. The van der Waals surface area contributed by atoms with Crippen molar-refractivity contribution in [2.24, 2.45) is 5.92 Å². The van der Waals surface area contributed by atoms with Gasteiger partial charge < -0.3 is 10.2 Å². The maximum atomic E-state index is 12.1. The van der Waals surface area contributed by atoms with Gasteiger partial charge in [-0.15, -0.1) is 12.4 Å². The lowest BCUT2D eigenvalue weighted by Gasteiger charge is -2.19. The van der Waals surface area contributed by atoms with Crippen LogP contribution in [0.15, 0.2) is 24.3 Å². The third-order valence-electron chi connectivity index (χ3n) is 3.42. The number of halogens is 1. The van der Waals surface area contributed by atoms with Crippen LogP contribution in [0.1, 0.15) is 18.4 Å². The summed E-state index contributed by atoms with van der Waals surface area (Å²) in [5, 5.41) is 3.29. The van der Waals surface area contributed by atoms with Crippen LogP contribution in [0.5, 0.6) is 0 Å². The molecule has 0 saturated carbocycles. The fourth-order valence-electron chi connectivity index (χ4n) is 2.18. The van der Waals surface area contributed by atoms with Crippen molar-refractivity contribution in [3.05, 3.63) is 29.8 Å². The highest BCUT2D eigenvalue weighted by molar-refractivity contribution is 5.92. The van der Waals surface area contributed by atoms with E-state index < -0.39 is 0 Å². The van der Waals surface area contributed by atoms with E-state index in [9.17, 15) is 4.79 Å². The number of nitrogens with one attached hydrogen (secondary N) is 1. The Bertz CT molecular complexity index is 385. The standard InChI is InChI=1S/C14H20N2O.ClH/c1-11-3-5-13(6-4-11)16(2)14(17)9-12-7-8-15-10-12;/h3-6,12,15H,7-10H2,1-2H3;1H. The molecule has 1 aliphatic rings. The van der Waals surface area contributed by atoms with Gasteiger partial charge >= 0.3 is 0 Å². The van der Waals surface area contributed by atoms with E-state index in [2.05, 4.69) is 12.2 Å². The number of hydrogen-bond donors (Lipinski definition) is 1. The number of carbonyl (C=O) groups is 1. The number of hydrogen-bond acceptors (Lipinski definition) is 2. The molecule has 1 atom stereocenters. The van der Waals surface area contributed by atoms with Gasteiger partial charge in [0, 0.05) is 19.2 Å². The summed E-state index contributed by atoms with van der Waals surface area (Å²) in [5.74, 6) is 0.720. The van der Waals surface area contributed by atoms with Gasteiger partial charge in [-0.05, 0) is 44.5 Å². The molecule has 0 radical (unpaired) electrons. The average Bonchev–Trinajstić information content (AvgIpc) is 2.82. The Morgan fingerprint density at radius 2 is 2.06 bits per heavy atom. The van der Waals surface area contributed by atoms with Crippen molar-refractivity contribution >= 4 is 24.0 Å². The van der Waals surface area contributed by atoms with Gasteiger partial charge in [-0.1, -0.05) is 17.7 Å². The molecule has 1 N–H and O–H groups in total. The van der Waals surface area contributed by atoms with Gasteiger partial charge in [0.25, 0.3) is 0 Å². The highest BCUT2D eigenvalue weighted by Crippen LogP contribution is 2.18. The molecule has 1 heterocycles. The number of carbonyl (C=O) groups excluding carboxylic acids is 1. The zero-order valence-electron chi connectivity index (χ0n) is 11.0. The molecule has 1 aliphatic heterocycles. The lowest BCUT2D eigenvalue weighted by atomic mass is 10.0. The van der Waals surface area contributed by atoms with Crippen molar-refractivity contribution in [1.82, 2.24) is 5.32 Å². The molecule has 1 amide bonds. The van der Waals surface area contributed by atoms with E-state index in [4.69, 9.17) is 0 Å². The highest BCUT2D eigenvalue weighted by Gasteiger charge is 2.20. The fourth-order valence-corrected chi connectivity index (χ4v) is 2.18. The number of benzene rings is 1. The predicted octanol–water partition coefficient (Wildman–Crippen LogP) is 2.38. The first-order valence-corrected chi connectivity index (χ1v) is 6.21. The van der Waals surface area contributed by atoms with Crippen LogP contribution in [-0.4, -0.2) is 26.0 Å². The lowest BCUT2D eigenvalue weighted by Crippen LogP contribution is -2.28. The molecule has 0 aliphatic carbocycles. The van der Waals surface area contributed by atoms with E-state index in [0.717, 1.165) is 25.2 Å². The topological polar surface area (TPSA) is 32.3 Å². The minimum atomic E-state index is 0. The maximum absolute atomic E-state index is 12.1. The van der Waals surface area contributed by atoms with Crippen molar-refractivity contribution in [2.45, 2.75) is 19.8 Å². The van der Waals surface area contributed by atoms with Gasteiger partial charge in [0.05, 0.1) is 0 Å². The monoisotopic (exact) mass is 268 g/mol. The second-order valence-electron chi connectivity index (χ2n) is 4.85. The first kappa shape index (κ1) is 15.0. The second kappa shape index (κ2) is 6.76. The van der Waals surface area contributed by atoms with Crippen LogP contribution < -0.4 is 10.2 Å². The van der Waals surface area contributed by atoms with Crippen molar-refractivity contribution in [2.75, 3.05) is 25.0 Å². The summed E-state index contributed by atoms with van der Waals surface area (Å²) in [6.45, 7) is 4.08. The lowest BCUT2D eigenvalue weighted by molar-refractivity contribution is -0.119. The normalized spacial score (nSPS) is 18.2. The number of anilines is 1. The van der Waals surface area contributed by atoms with Crippen LogP contribution >= 0.6 is 12.4 Å². The molecule has 4 heteroatoms.